The Balaban J connectivity index is 1.72. The second kappa shape index (κ2) is 7.43. The van der Waals surface area contributed by atoms with Crippen LogP contribution in [0.25, 0.3) is 0 Å². The van der Waals surface area contributed by atoms with Crippen molar-refractivity contribution in [2.75, 3.05) is 40.3 Å². The van der Waals surface area contributed by atoms with E-state index in [1.54, 1.807) is 4.31 Å². The molecule has 28 heavy (non-hydrogen) atoms. The summed E-state index contributed by atoms with van der Waals surface area (Å²) in [5.41, 5.74) is 0.905. The number of rotatable bonds is 6. The fourth-order valence-electron chi connectivity index (χ4n) is 4.91. The molecular weight excluding hydrogens is 374 g/mol. The van der Waals surface area contributed by atoms with E-state index in [0.29, 0.717) is 26.1 Å². The Morgan fingerprint density at radius 3 is 2.50 bits per heavy atom. The Labute approximate surface area is 168 Å². The van der Waals surface area contributed by atoms with Gasteiger partial charge in [0.05, 0.1) is 11.3 Å². The highest BCUT2D eigenvalue weighted by Gasteiger charge is 2.56. The Bertz CT molecular complexity index is 823. The maximum absolute atomic E-state index is 13.2. The molecule has 0 bridgehead atoms. The van der Waals surface area contributed by atoms with E-state index in [4.69, 9.17) is 0 Å². The first kappa shape index (κ1) is 19.9. The Morgan fingerprint density at radius 2 is 1.86 bits per heavy atom. The number of carbonyl (C=O) groups excluding carboxylic acids is 1. The molecule has 1 amide bonds. The standard InChI is InChI=1S/C21H31N3O3S/c1-22(2)14-15-23-16-19-21(11-10-20(23)25,17-6-4-3-5-7-17)12-13-24(19)28(26,27)18-8-9-18/h3-7,18-19H,8-16H2,1-2H3/t19-,21-/m0/s1. The number of carbonyl (C=O) groups is 1. The molecule has 3 aliphatic rings. The first-order valence-electron chi connectivity index (χ1n) is 10.3. The first-order valence-corrected chi connectivity index (χ1v) is 11.8. The van der Waals surface area contributed by atoms with Crippen LogP contribution >= 0.6 is 0 Å². The van der Waals surface area contributed by atoms with Crippen LogP contribution in [-0.2, 0) is 20.2 Å². The largest absolute Gasteiger partial charge is 0.340 e. The van der Waals surface area contributed by atoms with Gasteiger partial charge in [0, 0.05) is 38.0 Å². The molecule has 1 aliphatic carbocycles. The highest BCUT2D eigenvalue weighted by atomic mass is 32.2. The number of amides is 1. The summed E-state index contributed by atoms with van der Waals surface area (Å²) in [5, 5.41) is -0.215. The van der Waals surface area contributed by atoms with Gasteiger partial charge in [-0.25, -0.2) is 8.42 Å². The highest BCUT2D eigenvalue weighted by molar-refractivity contribution is 7.90. The van der Waals surface area contributed by atoms with Gasteiger partial charge in [0.1, 0.15) is 0 Å². The molecule has 0 radical (unpaired) electrons. The van der Waals surface area contributed by atoms with Crippen molar-refractivity contribution in [2.24, 2.45) is 0 Å². The minimum absolute atomic E-state index is 0.148. The summed E-state index contributed by atoms with van der Waals surface area (Å²) in [6.07, 6.45) is 3.54. The van der Waals surface area contributed by atoms with Gasteiger partial charge in [0.15, 0.2) is 0 Å². The van der Waals surface area contributed by atoms with Crippen molar-refractivity contribution >= 4 is 15.9 Å². The van der Waals surface area contributed by atoms with Crippen LogP contribution < -0.4 is 0 Å². The van der Waals surface area contributed by atoms with Gasteiger partial charge in [-0.1, -0.05) is 30.3 Å². The van der Waals surface area contributed by atoms with Crippen LogP contribution in [0.1, 0.15) is 37.7 Å². The van der Waals surface area contributed by atoms with Gasteiger partial charge in [0.25, 0.3) is 0 Å². The molecule has 2 aliphatic heterocycles. The SMILES string of the molecule is CN(C)CCN1C[C@@H]2N(S(=O)(=O)C3CC3)CC[C@]2(c2ccccc2)CCC1=O. The third kappa shape index (κ3) is 3.48. The van der Waals surface area contributed by atoms with Crippen molar-refractivity contribution < 1.29 is 13.2 Å². The molecule has 0 unspecified atom stereocenters. The minimum atomic E-state index is -3.29. The zero-order valence-electron chi connectivity index (χ0n) is 16.9. The summed E-state index contributed by atoms with van der Waals surface area (Å²) in [6, 6.07) is 10.1. The number of hydrogen-bond acceptors (Lipinski definition) is 4. The lowest BCUT2D eigenvalue weighted by Gasteiger charge is -2.38. The molecule has 1 aromatic carbocycles. The molecule has 2 heterocycles. The van der Waals surface area contributed by atoms with Crippen LogP contribution in [0.4, 0.5) is 0 Å². The smallest absolute Gasteiger partial charge is 0.222 e. The quantitative estimate of drug-likeness (QED) is 0.722. The van der Waals surface area contributed by atoms with E-state index in [0.717, 1.165) is 32.2 Å². The molecule has 7 heteroatoms. The first-order chi connectivity index (χ1) is 13.3. The van der Waals surface area contributed by atoms with Crippen molar-refractivity contribution in [3.8, 4) is 0 Å². The van der Waals surface area contributed by atoms with E-state index >= 15 is 0 Å². The Hall–Kier alpha value is -1.44. The number of sulfonamides is 1. The van der Waals surface area contributed by atoms with E-state index in [-0.39, 0.29) is 22.6 Å². The van der Waals surface area contributed by atoms with Crippen molar-refractivity contribution in [1.82, 2.24) is 14.1 Å². The summed E-state index contributed by atoms with van der Waals surface area (Å²) in [5.74, 6) is 0.148. The van der Waals surface area contributed by atoms with Gasteiger partial charge in [-0.05, 0) is 45.3 Å². The molecule has 6 nitrogen and oxygen atoms in total. The lowest BCUT2D eigenvalue weighted by molar-refractivity contribution is -0.131. The van der Waals surface area contributed by atoms with Crippen LogP contribution in [-0.4, -0.2) is 80.0 Å². The van der Waals surface area contributed by atoms with Crippen LogP contribution in [0, 0.1) is 0 Å². The second-order valence-corrected chi connectivity index (χ2v) is 11.0. The lowest BCUT2D eigenvalue weighted by atomic mass is 9.71. The summed E-state index contributed by atoms with van der Waals surface area (Å²) in [7, 11) is 0.707. The van der Waals surface area contributed by atoms with Gasteiger partial charge >= 0.3 is 0 Å². The average Bonchev–Trinajstić information content (AvgIpc) is 3.48. The molecule has 0 aromatic heterocycles. The van der Waals surface area contributed by atoms with Gasteiger partial charge in [0.2, 0.25) is 15.9 Å². The van der Waals surface area contributed by atoms with Gasteiger partial charge < -0.3 is 9.80 Å². The summed E-state index contributed by atoms with van der Waals surface area (Å²) in [6.45, 7) is 2.48. The number of likely N-dealkylation sites (N-methyl/N-ethyl adjacent to an activating group) is 1. The predicted octanol–water partition coefficient (Wildman–Crippen LogP) is 1.67. The van der Waals surface area contributed by atoms with E-state index in [2.05, 4.69) is 17.0 Å². The third-order valence-electron chi connectivity index (χ3n) is 6.73. The molecule has 2 atom stereocenters. The topological polar surface area (TPSA) is 60.9 Å². The van der Waals surface area contributed by atoms with Crippen LogP contribution in [0.5, 0.6) is 0 Å². The summed E-state index contributed by atoms with van der Waals surface area (Å²) in [4.78, 5) is 16.8. The van der Waals surface area contributed by atoms with Gasteiger partial charge in [-0.15, -0.1) is 0 Å². The van der Waals surface area contributed by atoms with E-state index < -0.39 is 10.0 Å². The molecular formula is C21H31N3O3S. The average molecular weight is 406 g/mol. The predicted molar refractivity (Wildman–Crippen MR) is 110 cm³/mol. The fourth-order valence-corrected chi connectivity index (χ4v) is 7.00. The third-order valence-corrected chi connectivity index (χ3v) is 9.14. The van der Waals surface area contributed by atoms with E-state index in [1.807, 2.05) is 37.2 Å². The maximum Gasteiger partial charge on any atom is 0.222 e. The van der Waals surface area contributed by atoms with Gasteiger partial charge in [-0.3, -0.25) is 4.79 Å². The molecule has 154 valence electrons. The van der Waals surface area contributed by atoms with Crippen LogP contribution in [0.15, 0.2) is 30.3 Å². The molecule has 1 aromatic rings. The maximum atomic E-state index is 13.2. The molecule has 0 spiro atoms. The van der Waals surface area contributed by atoms with Gasteiger partial charge in [-0.2, -0.15) is 4.31 Å². The van der Waals surface area contributed by atoms with E-state index in [1.165, 1.54) is 5.56 Å². The zero-order valence-corrected chi connectivity index (χ0v) is 17.7. The van der Waals surface area contributed by atoms with Crippen LogP contribution in [0.2, 0.25) is 0 Å². The number of likely N-dealkylation sites (tertiary alicyclic amines) is 1. The molecule has 0 N–H and O–H groups in total. The number of benzene rings is 1. The molecule has 3 fully saturated rings. The second-order valence-electron chi connectivity index (χ2n) is 8.79. The van der Waals surface area contributed by atoms with E-state index in [9.17, 15) is 13.2 Å². The summed E-state index contributed by atoms with van der Waals surface area (Å²) < 4.78 is 28.2. The number of fused-ring (bicyclic) bond motifs is 1. The monoisotopic (exact) mass is 405 g/mol. The zero-order chi connectivity index (χ0) is 19.9. The normalized spacial score (nSPS) is 29.2. The molecule has 1 saturated carbocycles. The van der Waals surface area contributed by atoms with Crippen molar-refractivity contribution in [2.45, 2.75) is 48.8 Å². The molecule has 4 rings (SSSR count). The molecule has 2 saturated heterocycles. The summed E-state index contributed by atoms with van der Waals surface area (Å²) >= 11 is 0. The Morgan fingerprint density at radius 1 is 1.14 bits per heavy atom. The Kier molecular flexibility index (Phi) is 5.27. The van der Waals surface area contributed by atoms with Crippen LogP contribution in [0.3, 0.4) is 0 Å². The van der Waals surface area contributed by atoms with Crippen molar-refractivity contribution in [1.29, 1.82) is 0 Å². The highest BCUT2D eigenvalue weighted by Crippen LogP contribution is 2.48. The fraction of sp³-hybridized carbons (Fsp3) is 0.667. The number of nitrogens with zero attached hydrogens (tertiary/aromatic N) is 3. The number of hydrogen-bond donors (Lipinski definition) is 0. The lowest BCUT2D eigenvalue weighted by Crippen LogP contribution is -2.51. The van der Waals surface area contributed by atoms with Crippen molar-refractivity contribution in [3.05, 3.63) is 35.9 Å². The minimum Gasteiger partial charge on any atom is -0.340 e. The van der Waals surface area contributed by atoms with Crippen molar-refractivity contribution in [3.63, 3.8) is 0 Å².